The molecule has 0 saturated heterocycles. The van der Waals surface area contributed by atoms with E-state index in [1.165, 1.54) is 13.0 Å². The number of hydrogen-bond acceptors (Lipinski definition) is 2. The third-order valence-corrected chi connectivity index (χ3v) is 2.50. The Bertz CT molecular complexity index is 448. The SMILES string of the molecule is C=CCNC(C)(C(=O)O)c1ccc(F)cc1F. The molecule has 5 heteroatoms. The summed E-state index contributed by atoms with van der Waals surface area (Å²) >= 11 is 0. The lowest BCUT2D eigenvalue weighted by Gasteiger charge is -2.26. The van der Waals surface area contributed by atoms with Gasteiger partial charge < -0.3 is 5.11 Å². The lowest BCUT2D eigenvalue weighted by atomic mass is 9.91. The maximum atomic E-state index is 13.6. The summed E-state index contributed by atoms with van der Waals surface area (Å²) < 4.78 is 26.3. The first kappa shape index (κ1) is 13.3. The Labute approximate surface area is 97.8 Å². The highest BCUT2D eigenvalue weighted by atomic mass is 19.1. The predicted molar refractivity (Wildman–Crippen MR) is 59.5 cm³/mol. The van der Waals surface area contributed by atoms with E-state index >= 15 is 0 Å². The van der Waals surface area contributed by atoms with Crippen LogP contribution in [0.1, 0.15) is 12.5 Å². The summed E-state index contributed by atoms with van der Waals surface area (Å²) in [5, 5.41) is 11.8. The summed E-state index contributed by atoms with van der Waals surface area (Å²) in [5.74, 6) is -2.89. The molecule has 0 bridgehead atoms. The lowest BCUT2D eigenvalue weighted by Crippen LogP contribution is -2.47. The highest BCUT2D eigenvalue weighted by Gasteiger charge is 2.36. The Morgan fingerprint density at radius 3 is 2.71 bits per heavy atom. The van der Waals surface area contributed by atoms with Crippen molar-refractivity contribution < 1.29 is 18.7 Å². The van der Waals surface area contributed by atoms with Crippen LogP contribution in [-0.2, 0) is 10.3 Å². The van der Waals surface area contributed by atoms with E-state index in [4.69, 9.17) is 5.11 Å². The number of halogens is 2. The summed E-state index contributed by atoms with van der Waals surface area (Å²) in [5.41, 5.74) is -1.74. The van der Waals surface area contributed by atoms with Crippen molar-refractivity contribution in [1.82, 2.24) is 5.32 Å². The molecule has 1 rings (SSSR count). The molecule has 0 heterocycles. The van der Waals surface area contributed by atoms with E-state index < -0.39 is 23.1 Å². The second-order valence-corrected chi connectivity index (χ2v) is 3.72. The van der Waals surface area contributed by atoms with Gasteiger partial charge in [0.2, 0.25) is 0 Å². The van der Waals surface area contributed by atoms with Crippen LogP contribution in [0.3, 0.4) is 0 Å². The zero-order valence-electron chi connectivity index (χ0n) is 9.34. The monoisotopic (exact) mass is 241 g/mol. The van der Waals surface area contributed by atoms with Gasteiger partial charge in [0.25, 0.3) is 0 Å². The minimum Gasteiger partial charge on any atom is -0.480 e. The van der Waals surface area contributed by atoms with Gasteiger partial charge in [0.05, 0.1) is 0 Å². The highest BCUT2D eigenvalue weighted by molar-refractivity contribution is 5.80. The van der Waals surface area contributed by atoms with Crippen LogP contribution in [0.4, 0.5) is 8.78 Å². The van der Waals surface area contributed by atoms with Crippen molar-refractivity contribution in [3.8, 4) is 0 Å². The van der Waals surface area contributed by atoms with Gasteiger partial charge in [-0.25, -0.2) is 13.6 Å². The molecule has 92 valence electrons. The van der Waals surface area contributed by atoms with Crippen molar-refractivity contribution >= 4 is 5.97 Å². The van der Waals surface area contributed by atoms with Crippen LogP contribution in [-0.4, -0.2) is 17.6 Å². The van der Waals surface area contributed by atoms with Crippen LogP contribution in [0.5, 0.6) is 0 Å². The molecular weight excluding hydrogens is 228 g/mol. The second kappa shape index (κ2) is 5.05. The Kier molecular flexibility index (Phi) is 3.96. The Morgan fingerprint density at radius 2 is 2.24 bits per heavy atom. The zero-order valence-corrected chi connectivity index (χ0v) is 9.34. The maximum absolute atomic E-state index is 13.6. The van der Waals surface area contributed by atoms with Crippen molar-refractivity contribution in [1.29, 1.82) is 0 Å². The minimum atomic E-state index is -1.62. The predicted octanol–water partition coefficient (Wildman–Crippen LogP) is 2.04. The van der Waals surface area contributed by atoms with Crippen LogP contribution >= 0.6 is 0 Å². The number of nitrogens with one attached hydrogen (secondary N) is 1. The maximum Gasteiger partial charge on any atom is 0.328 e. The van der Waals surface area contributed by atoms with Crippen molar-refractivity contribution in [2.24, 2.45) is 0 Å². The molecule has 0 aliphatic heterocycles. The first-order chi connectivity index (χ1) is 7.91. The number of carboxylic acids is 1. The first-order valence-corrected chi connectivity index (χ1v) is 4.96. The Hall–Kier alpha value is -1.75. The molecule has 0 fully saturated rings. The Balaban J connectivity index is 3.22. The second-order valence-electron chi connectivity index (χ2n) is 3.72. The molecule has 0 radical (unpaired) electrons. The average molecular weight is 241 g/mol. The number of carbonyl (C=O) groups is 1. The number of rotatable bonds is 5. The molecule has 17 heavy (non-hydrogen) atoms. The molecular formula is C12H13F2NO2. The van der Waals surface area contributed by atoms with E-state index in [0.717, 1.165) is 12.1 Å². The van der Waals surface area contributed by atoms with Gasteiger partial charge in [-0.1, -0.05) is 12.1 Å². The third kappa shape index (κ3) is 2.68. The van der Waals surface area contributed by atoms with Gasteiger partial charge in [-0.2, -0.15) is 0 Å². The summed E-state index contributed by atoms with van der Waals surface area (Å²) in [6, 6.07) is 2.80. The molecule has 3 nitrogen and oxygen atoms in total. The number of hydrogen-bond donors (Lipinski definition) is 2. The van der Waals surface area contributed by atoms with Crippen LogP contribution in [0.25, 0.3) is 0 Å². The number of aliphatic carboxylic acids is 1. The quantitative estimate of drug-likeness (QED) is 0.775. The minimum absolute atomic E-state index is 0.117. The third-order valence-electron chi connectivity index (χ3n) is 2.50. The smallest absolute Gasteiger partial charge is 0.328 e. The summed E-state index contributed by atoms with van der Waals surface area (Å²) in [6.45, 7) is 4.95. The van der Waals surface area contributed by atoms with Gasteiger partial charge in [-0.3, -0.25) is 5.32 Å². The van der Waals surface area contributed by atoms with E-state index in [1.807, 2.05) is 0 Å². The molecule has 1 aromatic rings. The fourth-order valence-corrected chi connectivity index (χ4v) is 1.46. The van der Waals surface area contributed by atoms with E-state index in [-0.39, 0.29) is 12.1 Å². The first-order valence-electron chi connectivity index (χ1n) is 4.96. The van der Waals surface area contributed by atoms with Crippen LogP contribution < -0.4 is 5.32 Å². The van der Waals surface area contributed by atoms with Crippen molar-refractivity contribution in [3.63, 3.8) is 0 Å². The molecule has 0 aliphatic carbocycles. The van der Waals surface area contributed by atoms with Gasteiger partial charge in [-0.15, -0.1) is 6.58 Å². The lowest BCUT2D eigenvalue weighted by molar-refractivity contribution is -0.144. The van der Waals surface area contributed by atoms with Gasteiger partial charge in [0, 0.05) is 18.2 Å². The molecule has 0 amide bonds. The largest absolute Gasteiger partial charge is 0.480 e. The average Bonchev–Trinajstić information content (AvgIpc) is 2.25. The molecule has 1 aromatic carbocycles. The van der Waals surface area contributed by atoms with Crippen molar-refractivity contribution in [3.05, 3.63) is 48.1 Å². The molecule has 1 unspecified atom stereocenters. The molecule has 0 aliphatic rings. The van der Waals surface area contributed by atoms with Crippen molar-refractivity contribution in [2.75, 3.05) is 6.54 Å². The van der Waals surface area contributed by atoms with E-state index in [0.29, 0.717) is 6.07 Å². The molecule has 2 N–H and O–H groups in total. The summed E-state index contributed by atoms with van der Waals surface area (Å²) in [7, 11) is 0. The van der Waals surface area contributed by atoms with Gasteiger partial charge in [-0.05, 0) is 13.0 Å². The zero-order chi connectivity index (χ0) is 13.1. The van der Waals surface area contributed by atoms with Crippen LogP contribution in [0.15, 0.2) is 30.9 Å². The van der Waals surface area contributed by atoms with E-state index in [9.17, 15) is 13.6 Å². The molecule has 1 atom stereocenters. The summed E-state index contributed by atoms with van der Waals surface area (Å²) in [4.78, 5) is 11.2. The standard InChI is InChI=1S/C12H13F2NO2/c1-3-6-15-12(2,11(16)17)9-5-4-8(13)7-10(9)14/h3-5,7,15H,1,6H2,2H3,(H,16,17). The fraction of sp³-hybridized carbons (Fsp3) is 0.250. The summed E-state index contributed by atoms with van der Waals surface area (Å²) in [6.07, 6.45) is 1.46. The van der Waals surface area contributed by atoms with Crippen molar-refractivity contribution in [2.45, 2.75) is 12.5 Å². The molecule has 0 spiro atoms. The number of carboxylic acid groups (broad SMARTS) is 1. The fourth-order valence-electron chi connectivity index (χ4n) is 1.46. The molecule has 0 aromatic heterocycles. The van der Waals surface area contributed by atoms with Gasteiger partial charge >= 0.3 is 5.97 Å². The number of benzene rings is 1. The van der Waals surface area contributed by atoms with Crippen LogP contribution in [0.2, 0.25) is 0 Å². The van der Waals surface area contributed by atoms with Crippen LogP contribution in [0, 0.1) is 11.6 Å². The van der Waals surface area contributed by atoms with E-state index in [1.54, 1.807) is 0 Å². The highest BCUT2D eigenvalue weighted by Crippen LogP contribution is 2.24. The Morgan fingerprint density at radius 1 is 1.59 bits per heavy atom. The topological polar surface area (TPSA) is 49.3 Å². The van der Waals surface area contributed by atoms with Gasteiger partial charge in [0.1, 0.15) is 17.2 Å². The van der Waals surface area contributed by atoms with E-state index in [2.05, 4.69) is 11.9 Å². The normalized spacial score (nSPS) is 14.1. The van der Waals surface area contributed by atoms with Gasteiger partial charge in [0.15, 0.2) is 0 Å². The molecule has 0 saturated carbocycles.